The van der Waals surface area contributed by atoms with E-state index in [1.165, 1.54) is 36.9 Å². The summed E-state index contributed by atoms with van der Waals surface area (Å²) in [6.45, 7) is 6.65. The number of hydrogen-bond donors (Lipinski definition) is 1. The minimum atomic E-state index is -0.0433. The van der Waals surface area contributed by atoms with Crippen LogP contribution in [0.15, 0.2) is 42.0 Å². The lowest BCUT2D eigenvalue weighted by molar-refractivity contribution is -0.125. The monoisotopic (exact) mass is 341 g/mol. The number of rotatable bonds is 6. The second-order valence-electron chi connectivity index (χ2n) is 7.18. The highest BCUT2D eigenvalue weighted by molar-refractivity contribution is 5.81. The van der Waals surface area contributed by atoms with Crippen LogP contribution in [0.25, 0.3) is 0 Å². The van der Waals surface area contributed by atoms with E-state index in [2.05, 4.69) is 51.5 Å². The third kappa shape index (κ3) is 5.08. The smallest absolute Gasteiger partial charge is 0.237 e. The molecule has 1 aromatic carbocycles. The lowest BCUT2D eigenvalue weighted by atomic mass is 9.97. The van der Waals surface area contributed by atoms with E-state index in [1.807, 2.05) is 6.92 Å². The Balaban J connectivity index is 1.40. The van der Waals surface area contributed by atoms with Crippen LogP contribution in [0.3, 0.4) is 0 Å². The first-order chi connectivity index (χ1) is 12.2. The molecule has 0 saturated carbocycles. The van der Waals surface area contributed by atoms with Crippen LogP contribution in [0.4, 0.5) is 5.69 Å². The number of piperazine rings is 1. The Morgan fingerprint density at radius 3 is 2.56 bits per heavy atom. The summed E-state index contributed by atoms with van der Waals surface area (Å²) in [5.41, 5.74) is 2.80. The van der Waals surface area contributed by atoms with Crippen molar-refractivity contribution in [3.05, 3.63) is 42.0 Å². The van der Waals surface area contributed by atoms with E-state index in [4.69, 9.17) is 0 Å². The van der Waals surface area contributed by atoms with Crippen LogP contribution < -0.4 is 10.2 Å². The molecule has 1 N–H and O–H groups in total. The van der Waals surface area contributed by atoms with Crippen LogP contribution in [0, 0.1) is 0 Å². The normalized spacial score (nSPS) is 20.0. The summed E-state index contributed by atoms with van der Waals surface area (Å²) in [5, 5.41) is 3.13. The quantitative estimate of drug-likeness (QED) is 0.807. The van der Waals surface area contributed by atoms with E-state index < -0.39 is 0 Å². The van der Waals surface area contributed by atoms with Gasteiger partial charge in [-0.1, -0.05) is 29.8 Å². The van der Waals surface area contributed by atoms with Crippen molar-refractivity contribution in [3.8, 4) is 0 Å². The van der Waals surface area contributed by atoms with E-state index in [1.54, 1.807) is 0 Å². The molecule has 25 heavy (non-hydrogen) atoms. The van der Waals surface area contributed by atoms with Gasteiger partial charge in [0.15, 0.2) is 0 Å². The molecule has 0 aromatic heterocycles. The third-order valence-electron chi connectivity index (χ3n) is 5.49. The van der Waals surface area contributed by atoms with Gasteiger partial charge >= 0.3 is 0 Å². The zero-order valence-corrected chi connectivity index (χ0v) is 15.4. The lowest BCUT2D eigenvalue weighted by Crippen LogP contribution is -2.54. The molecule has 1 aliphatic heterocycles. The van der Waals surface area contributed by atoms with E-state index >= 15 is 0 Å². The standard InChI is InChI=1S/C21H31N3O/c1-18(21(25)22-13-12-19-8-4-2-5-9-19)23-14-16-24(17-15-23)20-10-6-3-7-11-20/h3,6-8,10-11,18H,2,4-5,9,12-17H2,1H3,(H,22,25)/t18-/m1/s1. The predicted molar refractivity (Wildman–Crippen MR) is 104 cm³/mol. The van der Waals surface area contributed by atoms with E-state index in [9.17, 15) is 4.79 Å². The maximum Gasteiger partial charge on any atom is 0.237 e. The van der Waals surface area contributed by atoms with Gasteiger partial charge in [-0.2, -0.15) is 0 Å². The first kappa shape index (κ1) is 18.0. The Hall–Kier alpha value is -1.81. The summed E-state index contributed by atoms with van der Waals surface area (Å²) in [4.78, 5) is 17.1. The SMILES string of the molecule is C[C@H](C(=O)NCCC1=CCCCC1)N1CCN(c2ccccc2)CC1. The molecule has 0 spiro atoms. The van der Waals surface area contributed by atoms with Crippen LogP contribution in [-0.2, 0) is 4.79 Å². The highest BCUT2D eigenvalue weighted by Gasteiger charge is 2.25. The third-order valence-corrected chi connectivity index (χ3v) is 5.49. The summed E-state index contributed by atoms with van der Waals surface area (Å²) in [6, 6.07) is 10.5. The summed E-state index contributed by atoms with van der Waals surface area (Å²) in [5.74, 6) is 0.171. The number of benzene rings is 1. The van der Waals surface area contributed by atoms with Crippen molar-refractivity contribution < 1.29 is 4.79 Å². The second-order valence-corrected chi connectivity index (χ2v) is 7.18. The molecule has 0 unspecified atom stereocenters. The molecule has 1 atom stereocenters. The number of carbonyl (C=O) groups is 1. The van der Waals surface area contributed by atoms with Crippen LogP contribution in [-0.4, -0.2) is 49.6 Å². The van der Waals surface area contributed by atoms with Crippen molar-refractivity contribution in [2.45, 2.75) is 45.1 Å². The van der Waals surface area contributed by atoms with Crippen molar-refractivity contribution in [2.24, 2.45) is 0 Å². The Labute approximate surface area is 151 Å². The molecule has 1 saturated heterocycles. The molecule has 3 rings (SSSR count). The van der Waals surface area contributed by atoms with Gasteiger partial charge in [-0.05, 0) is 51.2 Å². The summed E-state index contributed by atoms with van der Waals surface area (Å²) < 4.78 is 0. The van der Waals surface area contributed by atoms with E-state index in [0.29, 0.717) is 0 Å². The van der Waals surface area contributed by atoms with Crippen LogP contribution >= 0.6 is 0 Å². The lowest BCUT2D eigenvalue weighted by Gasteiger charge is -2.38. The molecule has 1 aliphatic carbocycles. The molecule has 1 aromatic rings. The number of amides is 1. The largest absolute Gasteiger partial charge is 0.369 e. The van der Waals surface area contributed by atoms with Crippen molar-refractivity contribution >= 4 is 11.6 Å². The second kappa shape index (κ2) is 9.04. The average molecular weight is 341 g/mol. The van der Waals surface area contributed by atoms with Crippen LogP contribution in [0.5, 0.6) is 0 Å². The first-order valence-electron chi connectivity index (χ1n) is 9.74. The van der Waals surface area contributed by atoms with E-state index in [0.717, 1.165) is 39.1 Å². The van der Waals surface area contributed by atoms with E-state index in [-0.39, 0.29) is 11.9 Å². The van der Waals surface area contributed by atoms with Crippen molar-refractivity contribution in [1.82, 2.24) is 10.2 Å². The predicted octanol–water partition coefficient (Wildman–Crippen LogP) is 3.20. The molecule has 4 nitrogen and oxygen atoms in total. The number of allylic oxidation sites excluding steroid dienone is 1. The first-order valence-corrected chi connectivity index (χ1v) is 9.74. The molecular weight excluding hydrogens is 310 g/mol. The van der Waals surface area contributed by atoms with Gasteiger partial charge in [0, 0.05) is 38.4 Å². The Morgan fingerprint density at radius 2 is 1.88 bits per heavy atom. The topological polar surface area (TPSA) is 35.6 Å². The Morgan fingerprint density at radius 1 is 1.12 bits per heavy atom. The van der Waals surface area contributed by atoms with Crippen molar-refractivity contribution in [1.29, 1.82) is 0 Å². The average Bonchev–Trinajstić information content (AvgIpc) is 2.69. The number of nitrogens with one attached hydrogen (secondary N) is 1. The number of para-hydroxylation sites is 1. The maximum absolute atomic E-state index is 12.4. The summed E-state index contributed by atoms with van der Waals surface area (Å²) >= 11 is 0. The fourth-order valence-corrected chi connectivity index (χ4v) is 3.80. The van der Waals surface area contributed by atoms with Gasteiger partial charge in [-0.15, -0.1) is 0 Å². The number of anilines is 1. The van der Waals surface area contributed by atoms with Crippen molar-refractivity contribution in [2.75, 3.05) is 37.6 Å². The minimum Gasteiger partial charge on any atom is -0.369 e. The number of nitrogens with zero attached hydrogens (tertiary/aromatic N) is 2. The van der Waals surface area contributed by atoms with Crippen LogP contribution in [0.2, 0.25) is 0 Å². The fourth-order valence-electron chi connectivity index (χ4n) is 3.80. The van der Waals surface area contributed by atoms with Gasteiger partial charge in [0.25, 0.3) is 0 Å². The van der Waals surface area contributed by atoms with Gasteiger partial charge in [-0.25, -0.2) is 0 Å². The maximum atomic E-state index is 12.4. The highest BCUT2D eigenvalue weighted by atomic mass is 16.2. The van der Waals surface area contributed by atoms with Gasteiger partial charge < -0.3 is 10.2 Å². The molecule has 1 amide bonds. The molecular formula is C21H31N3O. The van der Waals surface area contributed by atoms with Crippen LogP contribution in [0.1, 0.15) is 39.0 Å². The number of carbonyl (C=O) groups excluding carboxylic acids is 1. The number of hydrogen-bond acceptors (Lipinski definition) is 3. The Kier molecular flexibility index (Phi) is 6.51. The van der Waals surface area contributed by atoms with Gasteiger partial charge in [0.2, 0.25) is 5.91 Å². The zero-order valence-electron chi connectivity index (χ0n) is 15.4. The minimum absolute atomic E-state index is 0.0433. The van der Waals surface area contributed by atoms with Gasteiger partial charge in [-0.3, -0.25) is 9.69 Å². The molecule has 2 aliphatic rings. The van der Waals surface area contributed by atoms with Gasteiger partial charge in [0.1, 0.15) is 0 Å². The summed E-state index contributed by atoms with van der Waals surface area (Å²) in [6.07, 6.45) is 8.43. The molecule has 4 heteroatoms. The highest BCUT2D eigenvalue weighted by Crippen LogP contribution is 2.19. The molecule has 0 radical (unpaired) electrons. The summed E-state index contributed by atoms with van der Waals surface area (Å²) in [7, 11) is 0. The molecule has 1 fully saturated rings. The molecule has 1 heterocycles. The zero-order chi connectivity index (χ0) is 17.5. The van der Waals surface area contributed by atoms with Crippen molar-refractivity contribution in [3.63, 3.8) is 0 Å². The fraction of sp³-hybridized carbons (Fsp3) is 0.571. The van der Waals surface area contributed by atoms with Gasteiger partial charge in [0.05, 0.1) is 6.04 Å². The Bertz CT molecular complexity index is 576. The molecule has 136 valence electrons. The molecule has 0 bridgehead atoms.